The average molecular weight is 348 g/mol. The third-order valence-corrected chi connectivity index (χ3v) is 3.04. The number of nitrogens with zero attached hydrogens (tertiary/aromatic N) is 5. The molecule has 11 nitrogen and oxygen atoms in total. The number of aromatic nitrogens is 3. The zero-order chi connectivity index (χ0) is 18.4. The largest absolute Gasteiger partial charge is 0.497 e. The van der Waals surface area contributed by atoms with Crippen LogP contribution in [0.4, 0.5) is 5.95 Å². The Kier molecular flexibility index (Phi) is 5.61. The minimum atomic E-state index is -0.694. The first-order valence-electron chi connectivity index (χ1n) is 7.03. The monoisotopic (exact) mass is 348 g/mol. The van der Waals surface area contributed by atoms with Crippen LogP contribution in [0.1, 0.15) is 17.3 Å². The number of amides is 1. The molecule has 2 aromatic rings. The van der Waals surface area contributed by atoms with Crippen molar-refractivity contribution >= 4 is 17.6 Å². The van der Waals surface area contributed by atoms with E-state index < -0.39 is 16.8 Å². The van der Waals surface area contributed by atoms with E-state index in [1.807, 2.05) is 0 Å². The van der Waals surface area contributed by atoms with Crippen molar-refractivity contribution in [2.75, 3.05) is 14.2 Å². The van der Waals surface area contributed by atoms with Gasteiger partial charge < -0.3 is 19.6 Å². The van der Waals surface area contributed by atoms with E-state index in [0.717, 1.165) is 0 Å². The molecule has 0 saturated carbocycles. The maximum Gasteiger partial charge on any atom is 0.490 e. The van der Waals surface area contributed by atoms with Crippen LogP contribution in [0.5, 0.6) is 11.5 Å². The van der Waals surface area contributed by atoms with E-state index in [9.17, 15) is 14.9 Å². The van der Waals surface area contributed by atoms with Crippen molar-refractivity contribution in [3.05, 3.63) is 40.2 Å². The number of nitro groups is 1. The second-order valence-corrected chi connectivity index (χ2v) is 4.89. The fraction of sp³-hybridized carbons (Fsp3) is 0.286. The molecule has 132 valence electrons. The number of rotatable bonds is 7. The van der Waals surface area contributed by atoms with E-state index in [2.05, 4.69) is 20.6 Å². The Labute approximate surface area is 142 Å². The van der Waals surface area contributed by atoms with Crippen molar-refractivity contribution in [2.45, 2.75) is 13.5 Å². The van der Waals surface area contributed by atoms with Gasteiger partial charge in [-0.15, -0.1) is 0 Å². The molecule has 25 heavy (non-hydrogen) atoms. The van der Waals surface area contributed by atoms with Crippen molar-refractivity contribution in [3.8, 4) is 11.5 Å². The maximum absolute atomic E-state index is 12.2. The number of methoxy groups -OCH3 is 2. The number of ether oxygens (including phenoxy) is 2. The van der Waals surface area contributed by atoms with Crippen LogP contribution in [-0.2, 0) is 6.54 Å². The molecule has 1 aromatic carbocycles. The molecular formula is C14H16N6O5. The minimum absolute atomic E-state index is 0.141. The van der Waals surface area contributed by atoms with Crippen LogP contribution in [0.25, 0.3) is 0 Å². The topological polar surface area (TPSA) is 134 Å². The van der Waals surface area contributed by atoms with Crippen molar-refractivity contribution in [1.82, 2.24) is 20.2 Å². The van der Waals surface area contributed by atoms with Crippen molar-refractivity contribution in [2.24, 2.45) is 5.10 Å². The Bertz CT molecular complexity index is 794. The third kappa shape index (κ3) is 4.73. The standard InChI is InChI=1S/C14H16N6O5/c1-9(7-19-8-15-14(18-19)20(22)23)16-17-13(21)10-4-11(24-2)6-12(5-10)25-3/h4-6,8H,7H2,1-3H3,(H,17,21)/b16-9-. The highest BCUT2D eigenvalue weighted by atomic mass is 16.6. The van der Waals surface area contributed by atoms with E-state index in [1.54, 1.807) is 25.1 Å². The lowest BCUT2D eigenvalue weighted by Gasteiger charge is -2.07. The van der Waals surface area contributed by atoms with E-state index in [0.29, 0.717) is 22.8 Å². The SMILES string of the molecule is COc1cc(OC)cc(C(=O)N/N=C(/C)Cn2cnc([N+](=O)[O-])n2)c1. The number of hydrazone groups is 1. The first kappa shape index (κ1) is 17.8. The van der Waals surface area contributed by atoms with E-state index >= 15 is 0 Å². The summed E-state index contributed by atoms with van der Waals surface area (Å²) in [6.45, 7) is 1.78. The molecule has 0 aliphatic heterocycles. The minimum Gasteiger partial charge on any atom is -0.497 e. The molecule has 2 rings (SSSR count). The van der Waals surface area contributed by atoms with Gasteiger partial charge in [-0.25, -0.2) is 5.43 Å². The lowest BCUT2D eigenvalue weighted by atomic mass is 10.2. The lowest BCUT2D eigenvalue weighted by Crippen LogP contribution is -2.20. The molecule has 0 unspecified atom stereocenters. The van der Waals surface area contributed by atoms with Gasteiger partial charge in [-0.1, -0.05) is 4.98 Å². The Hall–Kier alpha value is -3.50. The molecule has 0 aliphatic rings. The fourth-order valence-corrected chi connectivity index (χ4v) is 1.86. The number of carbonyl (C=O) groups excluding carboxylic acids is 1. The van der Waals surface area contributed by atoms with Crippen LogP contribution in [0.15, 0.2) is 29.6 Å². The molecule has 0 fully saturated rings. The zero-order valence-corrected chi connectivity index (χ0v) is 13.8. The summed E-state index contributed by atoms with van der Waals surface area (Å²) in [5, 5.41) is 18.1. The first-order chi connectivity index (χ1) is 11.9. The summed E-state index contributed by atoms with van der Waals surface area (Å²) in [5.41, 5.74) is 3.18. The van der Waals surface area contributed by atoms with Gasteiger partial charge >= 0.3 is 5.95 Å². The summed E-state index contributed by atoms with van der Waals surface area (Å²) in [6, 6.07) is 4.73. The smallest absolute Gasteiger partial charge is 0.490 e. The lowest BCUT2D eigenvalue weighted by molar-refractivity contribution is -0.394. The summed E-state index contributed by atoms with van der Waals surface area (Å²) in [4.78, 5) is 25.6. The van der Waals surface area contributed by atoms with Crippen molar-refractivity contribution in [1.29, 1.82) is 0 Å². The molecule has 0 atom stereocenters. The Morgan fingerprint density at radius 1 is 1.32 bits per heavy atom. The Morgan fingerprint density at radius 2 is 1.96 bits per heavy atom. The summed E-state index contributed by atoms with van der Waals surface area (Å²) < 4.78 is 11.5. The van der Waals surface area contributed by atoms with Gasteiger partial charge in [-0.05, 0) is 24.0 Å². The summed E-state index contributed by atoms with van der Waals surface area (Å²) in [7, 11) is 2.96. The van der Waals surface area contributed by atoms with E-state index in [-0.39, 0.29) is 6.54 Å². The molecular weight excluding hydrogens is 332 g/mol. The number of nitrogens with one attached hydrogen (secondary N) is 1. The Morgan fingerprint density at radius 3 is 2.48 bits per heavy atom. The molecule has 0 bridgehead atoms. The van der Waals surface area contributed by atoms with Gasteiger partial charge in [0.25, 0.3) is 5.91 Å². The van der Waals surface area contributed by atoms with E-state index in [4.69, 9.17) is 9.47 Å². The quantitative estimate of drug-likeness (QED) is 0.448. The second-order valence-electron chi connectivity index (χ2n) is 4.89. The zero-order valence-electron chi connectivity index (χ0n) is 13.8. The van der Waals surface area contributed by atoms with Gasteiger partial charge in [-0.2, -0.15) is 9.78 Å². The van der Waals surface area contributed by atoms with Gasteiger partial charge in [0, 0.05) is 16.7 Å². The number of carbonyl (C=O) groups is 1. The van der Waals surface area contributed by atoms with Crippen LogP contribution >= 0.6 is 0 Å². The summed E-state index contributed by atoms with van der Waals surface area (Å²) in [5.74, 6) is -0.0123. The van der Waals surface area contributed by atoms with Crippen molar-refractivity contribution in [3.63, 3.8) is 0 Å². The highest BCUT2D eigenvalue weighted by Crippen LogP contribution is 2.22. The van der Waals surface area contributed by atoms with E-state index in [1.165, 1.54) is 25.2 Å². The molecule has 1 aromatic heterocycles. The third-order valence-electron chi connectivity index (χ3n) is 3.04. The first-order valence-corrected chi connectivity index (χ1v) is 7.03. The highest BCUT2D eigenvalue weighted by molar-refractivity contribution is 5.96. The van der Waals surface area contributed by atoms with Gasteiger partial charge in [0.05, 0.1) is 26.5 Å². The predicted octanol–water partition coefficient (Wildman–Crippen LogP) is 1.01. The molecule has 1 amide bonds. The molecule has 1 N–H and O–H groups in total. The van der Waals surface area contributed by atoms with Crippen LogP contribution < -0.4 is 14.9 Å². The van der Waals surface area contributed by atoms with Crippen LogP contribution in [0.2, 0.25) is 0 Å². The van der Waals surface area contributed by atoms with Gasteiger partial charge in [0.2, 0.25) is 6.33 Å². The van der Waals surface area contributed by atoms with Crippen LogP contribution in [0.3, 0.4) is 0 Å². The van der Waals surface area contributed by atoms with Gasteiger partial charge in [0.1, 0.15) is 11.5 Å². The summed E-state index contributed by atoms with van der Waals surface area (Å²) in [6.07, 6.45) is 1.21. The normalized spacial score (nSPS) is 11.1. The molecule has 0 spiro atoms. The average Bonchev–Trinajstić information content (AvgIpc) is 3.07. The number of benzene rings is 1. The second kappa shape index (κ2) is 7.86. The molecule has 11 heteroatoms. The molecule has 0 aliphatic carbocycles. The van der Waals surface area contributed by atoms with Crippen molar-refractivity contribution < 1.29 is 19.2 Å². The summed E-state index contributed by atoms with van der Waals surface area (Å²) >= 11 is 0. The van der Waals surface area contributed by atoms with Crippen LogP contribution in [0, 0.1) is 10.1 Å². The predicted molar refractivity (Wildman–Crippen MR) is 86.8 cm³/mol. The number of hydrogen-bond donors (Lipinski definition) is 1. The fourth-order valence-electron chi connectivity index (χ4n) is 1.86. The van der Waals surface area contributed by atoms with Gasteiger partial charge in [0.15, 0.2) is 0 Å². The molecule has 0 saturated heterocycles. The Balaban J connectivity index is 2.04. The van der Waals surface area contributed by atoms with Gasteiger partial charge in [-0.3, -0.25) is 4.79 Å². The molecule has 1 heterocycles. The number of hydrogen-bond acceptors (Lipinski definition) is 8. The van der Waals surface area contributed by atoms with Crippen LogP contribution in [-0.4, -0.2) is 45.5 Å². The highest BCUT2D eigenvalue weighted by Gasteiger charge is 2.14. The molecule has 0 radical (unpaired) electrons. The maximum atomic E-state index is 12.2.